The van der Waals surface area contributed by atoms with Gasteiger partial charge in [-0.1, -0.05) is 96.8 Å². The zero-order valence-electron chi connectivity index (χ0n) is 16.6. The number of rotatable bonds is 15. The van der Waals surface area contributed by atoms with Crippen LogP contribution < -0.4 is 5.73 Å². The number of hydrogen-bond donors (Lipinski definition) is 1. The van der Waals surface area contributed by atoms with Crippen molar-refractivity contribution in [3.63, 3.8) is 0 Å². The van der Waals surface area contributed by atoms with Crippen molar-refractivity contribution in [3.05, 3.63) is 0 Å². The molecule has 0 saturated carbocycles. The first-order valence-electron chi connectivity index (χ1n) is 10.1. The van der Waals surface area contributed by atoms with E-state index in [1.54, 1.807) is 5.97 Å². The van der Waals surface area contributed by atoms with E-state index in [2.05, 4.69) is 20.8 Å². The van der Waals surface area contributed by atoms with Crippen LogP contribution in [0.4, 0.5) is 0 Å². The Morgan fingerprint density at radius 2 is 1.00 bits per heavy atom. The lowest BCUT2D eigenvalue weighted by Gasteiger charge is -2.17. The maximum absolute atomic E-state index is 7.32. The van der Waals surface area contributed by atoms with Crippen molar-refractivity contribution in [1.82, 2.24) is 0 Å². The molecule has 3 heteroatoms. The van der Waals surface area contributed by atoms with Crippen LogP contribution in [0.25, 0.3) is 0 Å². The van der Waals surface area contributed by atoms with E-state index in [0.29, 0.717) is 0 Å². The molecule has 0 aliphatic heterocycles. The SMILES string of the molecule is BC#N.CCCCCCCCCCCCCCCCC(C)(C)N. The lowest BCUT2D eigenvalue weighted by atomic mass is 9.97. The Hall–Kier alpha value is -0.485. The molecule has 0 atom stereocenters. The Morgan fingerprint density at radius 1 is 0.739 bits per heavy atom. The van der Waals surface area contributed by atoms with Gasteiger partial charge in [-0.05, 0) is 26.2 Å². The van der Waals surface area contributed by atoms with Gasteiger partial charge in [-0.25, -0.2) is 5.26 Å². The highest BCUT2D eigenvalue weighted by Gasteiger charge is 2.08. The van der Waals surface area contributed by atoms with Gasteiger partial charge < -0.3 is 5.73 Å². The molecule has 0 aromatic carbocycles. The summed E-state index contributed by atoms with van der Waals surface area (Å²) in [7, 11) is 1.43. The molecule has 0 fully saturated rings. The quantitative estimate of drug-likeness (QED) is 0.311. The Bertz CT molecular complexity index is 253. The Balaban J connectivity index is 0. The van der Waals surface area contributed by atoms with Gasteiger partial charge in [0.1, 0.15) is 0 Å². The van der Waals surface area contributed by atoms with Crippen molar-refractivity contribution in [2.24, 2.45) is 5.73 Å². The first-order chi connectivity index (χ1) is 11.0. The van der Waals surface area contributed by atoms with Gasteiger partial charge in [-0.3, -0.25) is 0 Å². The van der Waals surface area contributed by atoms with Crippen LogP contribution in [-0.4, -0.2) is 13.4 Å². The maximum atomic E-state index is 7.32. The van der Waals surface area contributed by atoms with E-state index in [1.165, 1.54) is 104 Å². The summed E-state index contributed by atoms with van der Waals surface area (Å²) in [5, 5.41) is 7.32. The van der Waals surface area contributed by atoms with Crippen LogP contribution in [0.1, 0.15) is 117 Å². The minimum Gasteiger partial charge on any atom is -0.326 e. The largest absolute Gasteiger partial charge is 0.326 e. The number of nitrogens with two attached hydrogens (primary N) is 1. The van der Waals surface area contributed by atoms with Crippen LogP contribution in [0, 0.1) is 11.2 Å². The second kappa shape index (κ2) is 19.6. The lowest BCUT2D eigenvalue weighted by Crippen LogP contribution is -2.31. The second-order valence-corrected chi connectivity index (χ2v) is 7.56. The van der Waals surface area contributed by atoms with E-state index in [0.717, 1.165) is 0 Å². The molecule has 0 aromatic rings. The highest BCUT2D eigenvalue weighted by atomic mass is 14.7. The Labute approximate surface area is 148 Å². The minimum atomic E-state index is 0.0388. The molecule has 0 aliphatic carbocycles. The van der Waals surface area contributed by atoms with Crippen molar-refractivity contribution in [2.75, 3.05) is 0 Å². The fourth-order valence-electron chi connectivity index (χ4n) is 2.78. The molecule has 0 unspecified atom stereocenters. The highest BCUT2D eigenvalue weighted by Crippen LogP contribution is 2.15. The van der Waals surface area contributed by atoms with Gasteiger partial charge in [-0.15, -0.1) is 0 Å². The molecule has 0 spiro atoms. The van der Waals surface area contributed by atoms with Crippen molar-refractivity contribution in [3.8, 4) is 5.97 Å². The lowest BCUT2D eigenvalue weighted by molar-refractivity contribution is 0.440. The Morgan fingerprint density at radius 3 is 1.26 bits per heavy atom. The molecule has 2 nitrogen and oxygen atoms in total. The van der Waals surface area contributed by atoms with Gasteiger partial charge in [0.25, 0.3) is 0 Å². The third-order valence-corrected chi connectivity index (χ3v) is 4.17. The number of nitriles is 1. The summed E-state index contributed by atoms with van der Waals surface area (Å²) in [5.74, 6) is 1.75. The average molecular weight is 322 g/mol. The zero-order valence-corrected chi connectivity index (χ0v) is 16.6. The van der Waals surface area contributed by atoms with Crippen molar-refractivity contribution in [1.29, 1.82) is 5.26 Å². The molecule has 0 heterocycles. The summed E-state index contributed by atoms with van der Waals surface area (Å²) in [6.07, 6.45) is 21.2. The molecular formula is C20H43BN2. The summed E-state index contributed by atoms with van der Waals surface area (Å²) in [6.45, 7) is 6.56. The first-order valence-corrected chi connectivity index (χ1v) is 10.1. The van der Waals surface area contributed by atoms with Gasteiger partial charge >= 0.3 is 0 Å². The van der Waals surface area contributed by atoms with Crippen molar-refractivity contribution < 1.29 is 0 Å². The summed E-state index contributed by atoms with van der Waals surface area (Å²) >= 11 is 0. The monoisotopic (exact) mass is 322 g/mol. The third-order valence-electron chi connectivity index (χ3n) is 4.17. The van der Waals surface area contributed by atoms with Crippen LogP contribution >= 0.6 is 0 Å². The van der Waals surface area contributed by atoms with Gasteiger partial charge in [0.05, 0.1) is 0 Å². The number of nitrogens with zero attached hydrogens (tertiary/aromatic N) is 1. The molecule has 0 aliphatic rings. The van der Waals surface area contributed by atoms with E-state index in [9.17, 15) is 0 Å². The van der Waals surface area contributed by atoms with E-state index < -0.39 is 0 Å². The topological polar surface area (TPSA) is 49.8 Å². The minimum absolute atomic E-state index is 0.0388. The summed E-state index contributed by atoms with van der Waals surface area (Å²) in [5.41, 5.74) is 6.02. The molecule has 0 rings (SSSR count). The summed E-state index contributed by atoms with van der Waals surface area (Å²) in [6, 6.07) is 0. The second-order valence-electron chi connectivity index (χ2n) is 7.56. The molecule has 0 saturated heterocycles. The molecule has 2 N–H and O–H groups in total. The van der Waals surface area contributed by atoms with Gasteiger partial charge in [0.15, 0.2) is 0 Å². The van der Waals surface area contributed by atoms with Crippen LogP contribution in [0.5, 0.6) is 0 Å². The van der Waals surface area contributed by atoms with Crippen molar-refractivity contribution in [2.45, 2.75) is 123 Å². The zero-order chi connectivity index (χ0) is 17.8. The summed E-state index contributed by atoms with van der Waals surface area (Å²) < 4.78 is 0. The summed E-state index contributed by atoms with van der Waals surface area (Å²) in [4.78, 5) is 0. The normalized spacial score (nSPS) is 10.7. The number of hydrogen-bond acceptors (Lipinski definition) is 2. The van der Waals surface area contributed by atoms with Crippen LogP contribution in [0.15, 0.2) is 0 Å². The van der Waals surface area contributed by atoms with Gasteiger partial charge in [-0.2, -0.15) is 0 Å². The molecular weight excluding hydrogens is 279 g/mol. The van der Waals surface area contributed by atoms with Crippen LogP contribution in [-0.2, 0) is 0 Å². The maximum Gasteiger partial charge on any atom is 0.232 e. The predicted molar refractivity (Wildman–Crippen MR) is 107 cm³/mol. The molecule has 0 aromatic heterocycles. The molecule has 23 heavy (non-hydrogen) atoms. The van der Waals surface area contributed by atoms with Gasteiger partial charge in [0, 0.05) is 5.54 Å². The average Bonchev–Trinajstić information content (AvgIpc) is 2.47. The fourth-order valence-corrected chi connectivity index (χ4v) is 2.78. The predicted octanol–water partition coefficient (Wildman–Crippen LogP) is 5.70. The van der Waals surface area contributed by atoms with Crippen molar-refractivity contribution >= 4 is 7.85 Å². The molecule has 136 valence electrons. The van der Waals surface area contributed by atoms with E-state index in [-0.39, 0.29) is 5.54 Å². The van der Waals surface area contributed by atoms with E-state index >= 15 is 0 Å². The smallest absolute Gasteiger partial charge is 0.232 e. The number of unbranched alkanes of at least 4 members (excludes halogenated alkanes) is 13. The van der Waals surface area contributed by atoms with Crippen LogP contribution in [0.3, 0.4) is 0 Å². The van der Waals surface area contributed by atoms with Gasteiger partial charge in [0.2, 0.25) is 7.85 Å². The standard InChI is InChI=1S/C19H41N.CH2BN/c1-4-5-6-7-8-9-10-11-12-13-14-15-16-17-18-19(2,3)20;2-1-3/h4-18,20H2,1-3H3;2H2. The van der Waals surface area contributed by atoms with Crippen LogP contribution in [0.2, 0.25) is 0 Å². The Kier molecular flexibility index (Phi) is 21.1. The van der Waals surface area contributed by atoms with E-state index in [1.807, 2.05) is 0 Å². The van der Waals surface area contributed by atoms with E-state index in [4.69, 9.17) is 11.0 Å². The third kappa shape index (κ3) is 30.0. The fraction of sp³-hybridized carbons (Fsp3) is 0.950. The molecule has 0 bridgehead atoms. The molecule has 0 amide bonds. The first kappa shape index (κ1) is 24.8. The highest BCUT2D eigenvalue weighted by molar-refractivity contribution is 6.20. The molecule has 0 radical (unpaired) electrons.